The fraction of sp³-hybridized carbons (Fsp3) is 0.222. The van der Waals surface area contributed by atoms with Gasteiger partial charge in [-0.05, 0) is 12.0 Å². The van der Waals surface area contributed by atoms with Crippen LogP contribution in [0.1, 0.15) is 5.56 Å². The molecule has 0 saturated heterocycles. The van der Waals surface area contributed by atoms with Gasteiger partial charge in [0.1, 0.15) is 6.04 Å². The molecule has 0 aliphatic heterocycles. The van der Waals surface area contributed by atoms with Crippen molar-refractivity contribution in [3.05, 3.63) is 35.9 Å². The molecule has 1 atom stereocenters. The fourth-order valence-electron chi connectivity index (χ4n) is 0.955. The second-order valence-corrected chi connectivity index (χ2v) is 2.78. The molecule has 0 spiro atoms. The molecule has 0 radical (unpaired) electrons. The molecule has 0 heterocycles. The molecule has 1 aromatic rings. The summed E-state index contributed by atoms with van der Waals surface area (Å²) in [6.07, 6.45) is 0.385. The van der Waals surface area contributed by atoms with Crippen LogP contribution in [0.3, 0.4) is 0 Å². The van der Waals surface area contributed by atoms with Gasteiger partial charge in [0.15, 0.2) is 0 Å². The third-order valence-electron chi connectivity index (χ3n) is 1.62. The van der Waals surface area contributed by atoms with E-state index in [1.807, 2.05) is 30.3 Å². The van der Waals surface area contributed by atoms with Crippen molar-refractivity contribution in [3.8, 4) is 0 Å². The van der Waals surface area contributed by atoms with Crippen molar-refractivity contribution in [2.24, 2.45) is 5.73 Å². The van der Waals surface area contributed by atoms with Crippen molar-refractivity contribution in [3.63, 3.8) is 0 Å². The minimum Gasteiger partial charge on any atom is -0.480 e. The normalized spacial score (nSPS) is 10.9. The van der Waals surface area contributed by atoms with Crippen LogP contribution in [-0.4, -0.2) is 34.9 Å². The third kappa shape index (κ3) is 6.67. The van der Waals surface area contributed by atoms with Crippen LogP contribution in [0, 0.1) is 0 Å². The van der Waals surface area contributed by atoms with Crippen LogP contribution in [0.2, 0.25) is 0 Å². The Morgan fingerprint density at radius 1 is 1.33 bits per heavy atom. The minimum absolute atomic E-state index is 0.385. The molecule has 0 bridgehead atoms. The number of carbonyl (C=O) groups is 1. The van der Waals surface area contributed by atoms with Gasteiger partial charge in [-0.2, -0.15) is 0 Å². The fourth-order valence-corrected chi connectivity index (χ4v) is 0.955. The summed E-state index contributed by atoms with van der Waals surface area (Å²) in [5.41, 5.74) is 6.30. The molecule has 0 aromatic heterocycles. The Hall–Kier alpha value is -1.37. The third-order valence-corrected chi connectivity index (χ3v) is 1.62. The molecular formula is C9H14BNO4. The number of hydrogen-bond donors (Lipinski definition) is 4. The van der Waals surface area contributed by atoms with Crippen molar-refractivity contribution in [1.29, 1.82) is 0 Å². The van der Waals surface area contributed by atoms with E-state index in [-0.39, 0.29) is 0 Å². The summed E-state index contributed by atoms with van der Waals surface area (Å²) >= 11 is 0. The molecule has 5 nitrogen and oxygen atoms in total. The highest BCUT2D eigenvalue weighted by Crippen LogP contribution is 2.01. The number of carboxylic acids is 1. The zero-order valence-electron chi connectivity index (χ0n) is 8.21. The van der Waals surface area contributed by atoms with Gasteiger partial charge in [-0.15, -0.1) is 0 Å². The van der Waals surface area contributed by atoms with Crippen molar-refractivity contribution >= 4 is 13.7 Å². The van der Waals surface area contributed by atoms with Gasteiger partial charge < -0.3 is 20.9 Å². The number of carboxylic acid groups (broad SMARTS) is 1. The smallest absolute Gasteiger partial charge is 0.432 e. The molecule has 1 rings (SSSR count). The van der Waals surface area contributed by atoms with E-state index in [0.717, 1.165) is 5.56 Å². The molecule has 0 fully saturated rings. The SMILES string of the molecule is N[C@@H](Cc1ccccc1)C(=O)O.OBO. The molecule has 0 saturated carbocycles. The summed E-state index contributed by atoms with van der Waals surface area (Å²) in [5, 5.41) is 22.8. The maximum atomic E-state index is 10.4. The molecule has 1 aromatic carbocycles. The number of rotatable bonds is 3. The summed E-state index contributed by atoms with van der Waals surface area (Å²) in [4.78, 5) is 10.4. The van der Waals surface area contributed by atoms with E-state index >= 15 is 0 Å². The lowest BCUT2D eigenvalue weighted by atomic mass is 10.1. The first kappa shape index (κ1) is 13.6. The lowest BCUT2D eigenvalue weighted by molar-refractivity contribution is -0.138. The van der Waals surface area contributed by atoms with E-state index in [1.165, 1.54) is 0 Å². The zero-order chi connectivity index (χ0) is 11.7. The van der Waals surface area contributed by atoms with Crippen molar-refractivity contribution < 1.29 is 19.9 Å². The van der Waals surface area contributed by atoms with Gasteiger partial charge in [-0.1, -0.05) is 30.3 Å². The Bertz CT molecular complexity index is 281. The van der Waals surface area contributed by atoms with E-state index in [9.17, 15) is 4.79 Å². The summed E-state index contributed by atoms with van der Waals surface area (Å²) < 4.78 is 0. The molecular weight excluding hydrogens is 197 g/mol. The average molecular weight is 211 g/mol. The van der Waals surface area contributed by atoms with Crippen LogP contribution in [0.25, 0.3) is 0 Å². The predicted octanol–water partition coefficient (Wildman–Crippen LogP) is -1.12. The van der Waals surface area contributed by atoms with Crippen molar-refractivity contribution in [2.75, 3.05) is 0 Å². The lowest BCUT2D eigenvalue weighted by Gasteiger charge is -2.04. The highest BCUT2D eigenvalue weighted by molar-refractivity contribution is 6.13. The molecule has 0 unspecified atom stereocenters. The van der Waals surface area contributed by atoms with Crippen LogP contribution >= 0.6 is 0 Å². The van der Waals surface area contributed by atoms with Gasteiger partial charge in [0.05, 0.1) is 0 Å². The Morgan fingerprint density at radius 3 is 2.20 bits per heavy atom. The molecule has 0 amide bonds. The highest BCUT2D eigenvalue weighted by Gasteiger charge is 2.10. The standard InChI is InChI=1S/C9H11NO2.BH3O2/c10-8(9(11)12)6-7-4-2-1-3-5-7;2-1-3/h1-5,8H,6,10H2,(H,11,12);1-3H/t8-;/m0./s1. The minimum atomic E-state index is -0.959. The summed E-state index contributed by atoms with van der Waals surface area (Å²) in [7, 11) is -0.750. The molecule has 82 valence electrons. The first-order valence-electron chi connectivity index (χ1n) is 4.35. The topological polar surface area (TPSA) is 104 Å². The van der Waals surface area contributed by atoms with Gasteiger partial charge in [0.2, 0.25) is 0 Å². The number of nitrogens with two attached hydrogens (primary N) is 1. The maximum Gasteiger partial charge on any atom is 0.432 e. The number of aliphatic carboxylic acids is 1. The molecule has 0 aliphatic carbocycles. The molecule has 6 heteroatoms. The molecule has 15 heavy (non-hydrogen) atoms. The largest absolute Gasteiger partial charge is 0.480 e. The van der Waals surface area contributed by atoms with Gasteiger partial charge in [0, 0.05) is 0 Å². The quantitative estimate of drug-likeness (QED) is 0.474. The second-order valence-electron chi connectivity index (χ2n) is 2.78. The zero-order valence-corrected chi connectivity index (χ0v) is 8.21. The predicted molar refractivity (Wildman–Crippen MR) is 57.3 cm³/mol. The van der Waals surface area contributed by atoms with E-state index in [1.54, 1.807) is 0 Å². The van der Waals surface area contributed by atoms with Gasteiger partial charge in [0.25, 0.3) is 0 Å². The van der Waals surface area contributed by atoms with Crippen LogP contribution in [0.4, 0.5) is 0 Å². The maximum absolute atomic E-state index is 10.4. The van der Waals surface area contributed by atoms with E-state index in [4.69, 9.17) is 20.9 Å². The summed E-state index contributed by atoms with van der Waals surface area (Å²) in [6.45, 7) is 0. The van der Waals surface area contributed by atoms with Crippen LogP contribution < -0.4 is 5.73 Å². The Kier molecular flexibility index (Phi) is 7.26. The first-order chi connectivity index (χ1) is 7.11. The van der Waals surface area contributed by atoms with Gasteiger partial charge in [-0.3, -0.25) is 4.79 Å². The summed E-state index contributed by atoms with van der Waals surface area (Å²) in [6, 6.07) is 8.54. The van der Waals surface area contributed by atoms with Gasteiger partial charge in [-0.25, -0.2) is 0 Å². The first-order valence-corrected chi connectivity index (χ1v) is 4.35. The molecule has 5 N–H and O–H groups in total. The van der Waals surface area contributed by atoms with Crippen LogP contribution in [-0.2, 0) is 11.2 Å². The molecule has 0 aliphatic rings. The number of hydrogen-bond acceptors (Lipinski definition) is 4. The monoisotopic (exact) mass is 211 g/mol. The van der Waals surface area contributed by atoms with E-state index in [0.29, 0.717) is 6.42 Å². The van der Waals surface area contributed by atoms with Crippen molar-refractivity contribution in [2.45, 2.75) is 12.5 Å². The Balaban J connectivity index is 0.000000583. The van der Waals surface area contributed by atoms with Gasteiger partial charge >= 0.3 is 13.7 Å². The Morgan fingerprint density at radius 2 is 1.80 bits per heavy atom. The second kappa shape index (κ2) is 7.99. The average Bonchev–Trinajstić information content (AvgIpc) is 2.20. The number of benzene rings is 1. The highest BCUT2D eigenvalue weighted by atomic mass is 16.4. The van der Waals surface area contributed by atoms with Crippen molar-refractivity contribution in [1.82, 2.24) is 0 Å². The lowest BCUT2D eigenvalue weighted by Crippen LogP contribution is -2.32. The van der Waals surface area contributed by atoms with Crippen LogP contribution in [0.5, 0.6) is 0 Å². The Labute approximate surface area is 88.5 Å². The summed E-state index contributed by atoms with van der Waals surface area (Å²) in [5.74, 6) is -0.959. The van der Waals surface area contributed by atoms with Crippen LogP contribution in [0.15, 0.2) is 30.3 Å². The van der Waals surface area contributed by atoms with E-state index in [2.05, 4.69) is 0 Å². The van der Waals surface area contributed by atoms with E-state index < -0.39 is 19.7 Å².